The molecule has 0 saturated carbocycles. The van der Waals surface area contributed by atoms with Gasteiger partial charge < -0.3 is 25.6 Å². The Hall–Kier alpha value is -3.63. The number of aliphatic hydroxyl groups is 1. The lowest BCUT2D eigenvalue weighted by Crippen LogP contribution is -2.61. The Morgan fingerprint density at radius 3 is 2.52 bits per heavy atom. The first-order valence-electron chi connectivity index (χ1n) is 10.5. The van der Waals surface area contributed by atoms with Crippen molar-refractivity contribution in [3.8, 4) is 5.75 Å². The van der Waals surface area contributed by atoms with Crippen LogP contribution >= 0.6 is 0 Å². The van der Waals surface area contributed by atoms with Gasteiger partial charge in [0.2, 0.25) is 5.91 Å². The molecule has 3 amide bonds. The molecule has 0 fully saturated rings. The van der Waals surface area contributed by atoms with Crippen molar-refractivity contribution in [2.24, 2.45) is 0 Å². The number of benzene rings is 2. The van der Waals surface area contributed by atoms with E-state index in [0.29, 0.717) is 6.42 Å². The SMILES string of the molecule is CCOC(=O)N[C@](CC(=O)N[C@H]1c2ccccc2C[C@H]1O)(Cc1ccccc1O)C(=O)NO. The number of aromatic hydroxyl groups is 1. The van der Waals surface area contributed by atoms with Crippen LogP contribution in [0.1, 0.15) is 36.1 Å². The van der Waals surface area contributed by atoms with Crippen LogP contribution in [0.5, 0.6) is 5.75 Å². The van der Waals surface area contributed by atoms with Crippen molar-refractivity contribution in [2.45, 2.75) is 43.9 Å². The monoisotopic (exact) mass is 457 g/mol. The standard InChI is InChI=1S/C23H27N3O7/c1-2-33-22(31)25-23(21(30)26-32,12-15-8-4-6-10-17(15)27)13-19(29)24-20-16-9-5-3-7-14(16)11-18(20)28/h3-10,18,20,27-28,32H,2,11-13H2,1H3,(H,24,29)(H,25,31)(H,26,30)/t18-,20+,23+/m1/s1. The summed E-state index contributed by atoms with van der Waals surface area (Å²) < 4.78 is 4.89. The molecule has 176 valence electrons. The number of fused-ring (bicyclic) bond motifs is 1. The highest BCUT2D eigenvalue weighted by atomic mass is 16.5. The van der Waals surface area contributed by atoms with Gasteiger partial charge in [-0.05, 0) is 29.7 Å². The van der Waals surface area contributed by atoms with Gasteiger partial charge in [-0.3, -0.25) is 14.8 Å². The molecule has 1 aliphatic carbocycles. The average Bonchev–Trinajstić information content (AvgIpc) is 3.09. The molecule has 33 heavy (non-hydrogen) atoms. The second-order valence-corrected chi connectivity index (χ2v) is 7.87. The quantitative estimate of drug-likeness (QED) is 0.256. The van der Waals surface area contributed by atoms with E-state index in [1.165, 1.54) is 17.6 Å². The molecule has 6 N–H and O–H groups in total. The third kappa shape index (κ3) is 5.41. The van der Waals surface area contributed by atoms with Gasteiger partial charge >= 0.3 is 6.09 Å². The van der Waals surface area contributed by atoms with Gasteiger partial charge in [0, 0.05) is 12.8 Å². The summed E-state index contributed by atoms with van der Waals surface area (Å²) in [5, 5.41) is 35.1. The van der Waals surface area contributed by atoms with Crippen LogP contribution in [0.25, 0.3) is 0 Å². The number of phenols is 1. The maximum Gasteiger partial charge on any atom is 0.408 e. The van der Waals surface area contributed by atoms with Gasteiger partial charge in [-0.2, -0.15) is 0 Å². The number of amides is 3. The highest BCUT2D eigenvalue weighted by Gasteiger charge is 2.44. The number of phenolic OH excluding ortho intramolecular Hbond substituents is 1. The highest BCUT2D eigenvalue weighted by molar-refractivity contribution is 5.94. The highest BCUT2D eigenvalue weighted by Crippen LogP contribution is 2.32. The van der Waals surface area contributed by atoms with Gasteiger partial charge in [0.1, 0.15) is 11.3 Å². The largest absolute Gasteiger partial charge is 0.508 e. The molecule has 0 radical (unpaired) electrons. The molecular formula is C23H27N3O7. The second kappa shape index (κ2) is 10.3. The topological polar surface area (TPSA) is 157 Å². The van der Waals surface area contributed by atoms with Gasteiger partial charge in [-0.15, -0.1) is 0 Å². The molecule has 3 rings (SSSR count). The van der Waals surface area contributed by atoms with Crippen LogP contribution in [0.4, 0.5) is 4.79 Å². The number of rotatable bonds is 8. The molecule has 0 saturated heterocycles. The lowest BCUT2D eigenvalue weighted by Gasteiger charge is -2.32. The maximum atomic E-state index is 13.1. The molecule has 1 aliphatic rings. The summed E-state index contributed by atoms with van der Waals surface area (Å²) in [6, 6.07) is 12.7. The van der Waals surface area contributed by atoms with Crippen molar-refractivity contribution in [1.82, 2.24) is 16.1 Å². The Morgan fingerprint density at radius 1 is 1.12 bits per heavy atom. The minimum Gasteiger partial charge on any atom is -0.508 e. The number of hydroxylamine groups is 1. The number of ether oxygens (including phenoxy) is 1. The molecule has 0 aliphatic heterocycles. The number of carbonyl (C=O) groups excluding carboxylic acids is 3. The number of hydrogen-bond donors (Lipinski definition) is 6. The Kier molecular flexibility index (Phi) is 7.52. The fraction of sp³-hybridized carbons (Fsp3) is 0.348. The van der Waals surface area contributed by atoms with Crippen LogP contribution in [0.3, 0.4) is 0 Å². The van der Waals surface area contributed by atoms with Crippen LogP contribution in [-0.4, -0.2) is 51.6 Å². The molecular weight excluding hydrogens is 430 g/mol. The Labute approximate surface area is 190 Å². The number of alkyl carbamates (subject to hydrolysis) is 1. The van der Waals surface area contributed by atoms with E-state index in [4.69, 9.17) is 4.74 Å². The summed E-state index contributed by atoms with van der Waals surface area (Å²) in [4.78, 5) is 38.1. The summed E-state index contributed by atoms with van der Waals surface area (Å²) in [5.74, 6) is -1.88. The van der Waals surface area contributed by atoms with Crippen molar-refractivity contribution in [3.05, 3.63) is 65.2 Å². The van der Waals surface area contributed by atoms with E-state index in [2.05, 4.69) is 10.6 Å². The second-order valence-electron chi connectivity index (χ2n) is 7.87. The van der Waals surface area contributed by atoms with Gasteiger partial charge in [0.25, 0.3) is 5.91 Å². The maximum absolute atomic E-state index is 13.1. The number of nitrogens with one attached hydrogen (secondary N) is 3. The van der Waals surface area contributed by atoms with E-state index >= 15 is 0 Å². The van der Waals surface area contributed by atoms with E-state index in [9.17, 15) is 29.8 Å². The Balaban J connectivity index is 1.90. The number of aliphatic hydroxyl groups excluding tert-OH is 1. The molecule has 0 aromatic heterocycles. The van der Waals surface area contributed by atoms with Gasteiger partial charge in [0.05, 0.1) is 25.2 Å². The zero-order valence-corrected chi connectivity index (χ0v) is 18.1. The summed E-state index contributed by atoms with van der Waals surface area (Å²) in [7, 11) is 0. The average molecular weight is 457 g/mol. The van der Waals surface area contributed by atoms with E-state index in [-0.39, 0.29) is 24.3 Å². The molecule has 10 heteroatoms. The summed E-state index contributed by atoms with van der Waals surface area (Å²) in [6.45, 7) is 1.58. The van der Waals surface area contributed by atoms with Crippen molar-refractivity contribution in [2.75, 3.05) is 6.61 Å². The third-order valence-electron chi connectivity index (χ3n) is 5.62. The summed E-state index contributed by atoms with van der Waals surface area (Å²) in [5.41, 5.74) is 1.42. The van der Waals surface area contributed by atoms with Gasteiger partial charge in [-0.1, -0.05) is 42.5 Å². The smallest absolute Gasteiger partial charge is 0.408 e. The molecule has 0 heterocycles. The lowest BCUT2D eigenvalue weighted by molar-refractivity contribution is -0.139. The minimum atomic E-state index is -1.99. The molecule has 0 spiro atoms. The van der Waals surface area contributed by atoms with Gasteiger partial charge in [0.15, 0.2) is 0 Å². The van der Waals surface area contributed by atoms with Crippen LogP contribution in [0, 0.1) is 0 Å². The van der Waals surface area contributed by atoms with Crippen LogP contribution in [-0.2, 0) is 27.2 Å². The van der Waals surface area contributed by atoms with Crippen LogP contribution in [0.15, 0.2) is 48.5 Å². The summed E-state index contributed by atoms with van der Waals surface area (Å²) in [6.07, 6.45) is -2.39. The van der Waals surface area contributed by atoms with E-state index in [1.54, 1.807) is 31.2 Å². The van der Waals surface area contributed by atoms with E-state index in [1.807, 2.05) is 12.1 Å². The predicted octanol–water partition coefficient (Wildman–Crippen LogP) is 1.09. The Bertz CT molecular complexity index is 1030. The zero-order valence-electron chi connectivity index (χ0n) is 18.1. The molecule has 2 aromatic rings. The van der Waals surface area contributed by atoms with E-state index in [0.717, 1.165) is 11.1 Å². The molecule has 2 aromatic carbocycles. The van der Waals surface area contributed by atoms with Crippen molar-refractivity contribution in [3.63, 3.8) is 0 Å². The molecule has 10 nitrogen and oxygen atoms in total. The predicted molar refractivity (Wildman–Crippen MR) is 116 cm³/mol. The van der Waals surface area contributed by atoms with Crippen molar-refractivity contribution < 1.29 is 34.5 Å². The number of carbonyl (C=O) groups is 3. The fourth-order valence-corrected chi connectivity index (χ4v) is 4.07. The minimum absolute atomic E-state index is 0.0104. The number of hydrogen-bond acceptors (Lipinski definition) is 7. The number of para-hydroxylation sites is 1. The third-order valence-corrected chi connectivity index (χ3v) is 5.62. The fourth-order valence-electron chi connectivity index (χ4n) is 4.07. The lowest BCUT2D eigenvalue weighted by atomic mass is 9.85. The summed E-state index contributed by atoms with van der Waals surface area (Å²) >= 11 is 0. The first-order chi connectivity index (χ1) is 15.8. The van der Waals surface area contributed by atoms with Crippen LogP contribution < -0.4 is 16.1 Å². The normalized spacial score (nSPS) is 18.5. The van der Waals surface area contributed by atoms with Gasteiger partial charge in [-0.25, -0.2) is 10.3 Å². The van der Waals surface area contributed by atoms with E-state index < -0.39 is 42.0 Å². The van der Waals surface area contributed by atoms with Crippen molar-refractivity contribution in [1.29, 1.82) is 0 Å². The molecule has 0 bridgehead atoms. The van der Waals surface area contributed by atoms with Crippen LogP contribution in [0.2, 0.25) is 0 Å². The first-order valence-corrected chi connectivity index (χ1v) is 10.5. The molecule has 3 atom stereocenters. The van der Waals surface area contributed by atoms with Crippen molar-refractivity contribution >= 4 is 17.9 Å². The first kappa shape index (κ1) is 24.0. The Morgan fingerprint density at radius 2 is 1.82 bits per heavy atom. The zero-order chi connectivity index (χ0) is 24.0. The molecule has 0 unspecified atom stereocenters.